The molecule has 0 spiro atoms. The predicted octanol–water partition coefficient (Wildman–Crippen LogP) is 13.7. The second-order valence-corrected chi connectivity index (χ2v) is 10.6. The Morgan fingerprint density at radius 1 is 0.347 bits per heavy atom. The van der Waals surface area contributed by atoms with Crippen molar-refractivity contribution in [3.63, 3.8) is 0 Å². The van der Waals surface area contributed by atoms with Crippen LogP contribution in [0.2, 0.25) is 0 Å². The maximum Gasteiger partial charge on any atom is 0.143 e. The molecule has 0 atom stereocenters. The summed E-state index contributed by atoms with van der Waals surface area (Å²) in [5.74, 6) is 0. The molecule has 0 radical (unpaired) electrons. The number of fused-ring (bicyclic) bond motifs is 6. The van der Waals surface area contributed by atoms with Crippen LogP contribution in [0.1, 0.15) is 39.8 Å². The smallest absolute Gasteiger partial charge is 0.143 e. The lowest BCUT2D eigenvalue weighted by Crippen LogP contribution is -1.91. The first-order valence-electron chi connectivity index (χ1n) is 29.0. The highest BCUT2D eigenvalue weighted by atomic mass is 16.3. The Morgan fingerprint density at radius 3 is 1.63 bits per heavy atom. The number of hydrogen-bond acceptors (Lipinski definition) is 1. The molecule has 0 saturated heterocycles. The second-order valence-electron chi connectivity index (χ2n) is 10.6. The summed E-state index contributed by atoms with van der Waals surface area (Å²) in [4.78, 5) is 0. The van der Waals surface area contributed by atoms with Crippen molar-refractivity contribution in [3.8, 4) is 44.5 Å². The van der Waals surface area contributed by atoms with Crippen LogP contribution in [-0.2, 0) is 0 Å². The van der Waals surface area contributed by atoms with Crippen molar-refractivity contribution < 1.29 is 44.2 Å². The van der Waals surface area contributed by atoms with Crippen LogP contribution < -0.4 is 0 Å². The summed E-state index contributed by atoms with van der Waals surface area (Å²) in [5.41, 5.74) is -7.00. The van der Waals surface area contributed by atoms with E-state index >= 15 is 0 Å². The molecule has 0 bridgehead atoms. The summed E-state index contributed by atoms with van der Waals surface area (Å²) in [5, 5.41) is -4.72. The van der Waals surface area contributed by atoms with Crippen LogP contribution >= 0.6 is 0 Å². The van der Waals surface area contributed by atoms with E-state index in [1.165, 1.54) is 0 Å². The lowest BCUT2D eigenvalue weighted by atomic mass is 9.85. The fourth-order valence-electron chi connectivity index (χ4n) is 5.76. The van der Waals surface area contributed by atoms with Crippen LogP contribution in [0.4, 0.5) is 0 Å². The molecule has 0 aliphatic rings. The summed E-state index contributed by atoms with van der Waals surface area (Å²) in [6.07, 6.45) is 0. The van der Waals surface area contributed by atoms with E-state index in [2.05, 4.69) is 0 Å². The number of benzene rings is 9. The van der Waals surface area contributed by atoms with Gasteiger partial charge in [0.15, 0.2) is 0 Å². The van der Waals surface area contributed by atoms with E-state index in [1.807, 2.05) is 0 Å². The van der Waals surface area contributed by atoms with Gasteiger partial charge in [0.05, 0.1) is 39.8 Å². The molecule has 0 saturated carbocycles. The molecule has 0 unspecified atom stereocenters. The lowest BCUT2D eigenvalue weighted by Gasteiger charge is -2.18. The van der Waals surface area contributed by atoms with Gasteiger partial charge in [-0.3, -0.25) is 0 Å². The molecule has 0 N–H and O–H groups in total. The molecule has 1 heterocycles. The van der Waals surface area contributed by atoms with Crippen LogP contribution in [0.3, 0.4) is 0 Å². The monoisotopic (exact) mass is 651 g/mol. The van der Waals surface area contributed by atoms with Crippen LogP contribution in [0.25, 0.3) is 98.8 Å². The summed E-state index contributed by atoms with van der Waals surface area (Å²) >= 11 is 0. The Hall–Kier alpha value is -6.44. The fourth-order valence-corrected chi connectivity index (χ4v) is 5.76. The Balaban J connectivity index is 1.42. The molecular formula is C48H30O. The van der Waals surface area contributed by atoms with Crippen molar-refractivity contribution in [1.82, 2.24) is 0 Å². The van der Waals surface area contributed by atoms with Crippen molar-refractivity contribution in [1.29, 1.82) is 0 Å². The van der Waals surface area contributed by atoms with Gasteiger partial charge >= 0.3 is 0 Å². The SMILES string of the molecule is [2H]c1cc2c(oc3c([2H])c(-c4c([2H])c([2H])c([2H])c([2H])c4[2H])c([2H])c([2H])c32)c(-c2c3c([2H])c([2H])c([2H])c([2H])c3c(-c3c([2H])c([2H])c(-c4c([2H])c([2H])c5c([2H])c([2H])c([2H])c([2H])c5c4[2H])c([2H])c3[2H])c3c([2H])c([2H])c([2H])c([2H])c23)c1[2H]. The highest BCUT2D eigenvalue weighted by molar-refractivity contribution is 6.24. The second kappa shape index (κ2) is 11.1. The predicted molar refractivity (Wildman–Crippen MR) is 208 cm³/mol. The molecule has 1 nitrogen and oxygen atoms in total. The minimum atomic E-state index is -1.09. The standard InChI is InChI=1S/C48H30O/c1-2-11-31(12-3-1)37-27-28-38-43-19-10-20-44(48(43)49-45(38)30-37)47-41-17-8-6-15-39(41)46(40-16-7-9-18-42(40)47)34-24-21-33(22-25-34)36-26-23-32-13-4-5-14-35(32)29-36/h1-30H/i1D,2D,3D,4D,5D,6D,7D,8D,9D,10D,11D,12D,13D,14D,15D,16D,17D,18D,20D,21D,22D,23D,24D,25D,26D,27D,28D,29D,30D. The van der Waals surface area contributed by atoms with E-state index in [0.29, 0.717) is 0 Å². The van der Waals surface area contributed by atoms with Gasteiger partial charge in [-0.05, 0) is 83.8 Å². The van der Waals surface area contributed by atoms with Gasteiger partial charge in [-0.15, -0.1) is 0 Å². The Bertz CT molecular complexity index is 4400. The average Bonchev–Trinajstić information content (AvgIpc) is 3.94. The molecule has 0 fully saturated rings. The number of rotatable bonds is 4. The van der Waals surface area contributed by atoms with E-state index in [4.69, 9.17) is 29.1 Å². The largest absolute Gasteiger partial charge is 0.455 e. The van der Waals surface area contributed by atoms with Gasteiger partial charge in [0.2, 0.25) is 0 Å². The molecule has 9 aromatic carbocycles. The van der Waals surface area contributed by atoms with E-state index in [9.17, 15) is 15.1 Å². The number of furan rings is 1. The van der Waals surface area contributed by atoms with Gasteiger partial charge < -0.3 is 4.42 Å². The molecule has 228 valence electrons. The van der Waals surface area contributed by atoms with E-state index in [1.54, 1.807) is 0 Å². The molecule has 0 aliphatic carbocycles. The Morgan fingerprint density at radius 2 is 0.898 bits per heavy atom. The minimum absolute atomic E-state index is 0.301. The van der Waals surface area contributed by atoms with E-state index in [-0.39, 0.29) is 10.8 Å². The Labute approximate surface area is 325 Å². The molecular weight excluding hydrogens is 593 g/mol. The highest BCUT2D eigenvalue weighted by Crippen LogP contribution is 2.47. The molecule has 10 rings (SSSR count). The van der Waals surface area contributed by atoms with E-state index < -0.39 is 263 Å². The first kappa shape index (κ1) is 11.3. The van der Waals surface area contributed by atoms with Gasteiger partial charge in [-0.1, -0.05) is 163 Å². The molecule has 1 heteroatoms. The molecule has 0 amide bonds. The quantitative estimate of drug-likeness (QED) is 0.173. The topological polar surface area (TPSA) is 13.1 Å². The summed E-state index contributed by atoms with van der Waals surface area (Å²) in [6.45, 7) is 0. The zero-order valence-corrected chi connectivity index (χ0v) is 24.5. The van der Waals surface area contributed by atoms with E-state index in [0.717, 1.165) is 6.07 Å². The van der Waals surface area contributed by atoms with Crippen molar-refractivity contribution in [2.24, 2.45) is 0 Å². The van der Waals surface area contributed by atoms with Crippen molar-refractivity contribution >= 4 is 54.3 Å². The molecule has 10 aromatic rings. The van der Waals surface area contributed by atoms with Crippen LogP contribution in [-0.4, -0.2) is 0 Å². The van der Waals surface area contributed by atoms with Crippen LogP contribution in [0, 0.1) is 0 Å². The first-order valence-corrected chi connectivity index (χ1v) is 14.5. The maximum absolute atomic E-state index is 9.55. The van der Waals surface area contributed by atoms with Crippen molar-refractivity contribution in [3.05, 3.63) is 181 Å². The molecule has 49 heavy (non-hydrogen) atoms. The summed E-state index contributed by atoms with van der Waals surface area (Å²) in [6, 6.07) is -25.3. The van der Waals surface area contributed by atoms with Crippen LogP contribution in [0.15, 0.2) is 186 Å². The lowest BCUT2D eigenvalue weighted by molar-refractivity contribution is 0.670. The summed E-state index contributed by atoms with van der Waals surface area (Å²) < 4.78 is 266. The normalized spacial score (nSPS) is 20.0. The average molecular weight is 652 g/mol. The van der Waals surface area contributed by atoms with Gasteiger partial charge in [-0.25, -0.2) is 0 Å². The van der Waals surface area contributed by atoms with Crippen molar-refractivity contribution in [2.75, 3.05) is 0 Å². The van der Waals surface area contributed by atoms with Gasteiger partial charge in [0, 0.05) is 21.9 Å². The summed E-state index contributed by atoms with van der Waals surface area (Å²) in [7, 11) is 0. The first-order chi connectivity index (χ1) is 36.4. The zero-order chi connectivity index (χ0) is 57.5. The number of para-hydroxylation sites is 1. The Kier molecular flexibility index (Phi) is 2.56. The third kappa shape index (κ3) is 4.47. The fraction of sp³-hybridized carbons (Fsp3) is 0. The van der Waals surface area contributed by atoms with Gasteiger partial charge in [-0.2, -0.15) is 0 Å². The third-order valence-electron chi connectivity index (χ3n) is 7.89. The number of hydrogen-bond donors (Lipinski definition) is 0. The maximum atomic E-state index is 9.55. The third-order valence-corrected chi connectivity index (χ3v) is 7.89. The minimum Gasteiger partial charge on any atom is -0.455 e. The van der Waals surface area contributed by atoms with Crippen LogP contribution in [0.5, 0.6) is 0 Å². The van der Waals surface area contributed by atoms with Crippen molar-refractivity contribution in [2.45, 2.75) is 0 Å². The molecule has 0 aliphatic heterocycles. The molecule has 1 aromatic heterocycles. The van der Waals surface area contributed by atoms with Gasteiger partial charge in [0.25, 0.3) is 0 Å². The highest BCUT2D eigenvalue weighted by Gasteiger charge is 2.20. The van der Waals surface area contributed by atoms with Gasteiger partial charge in [0.1, 0.15) is 11.2 Å². The zero-order valence-electron chi connectivity index (χ0n) is 53.5.